The van der Waals surface area contributed by atoms with Crippen molar-refractivity contribution >= 4 is 11.9 Å². The summed E-state index contributed by atoms with van der Waals surface area (Å²) in [7, 11) is 1.77. The molecular weight excluding hydrogens is 454 g/mol. The Bertz CT molecular complexity index is 1020. The van der Waals surface area contributed by atoms with Crippen LogP contribution in [-0.2, 0) is 15.9 Å². The number of hydrogen-bond acceptors (Lipinski definition) is 5. The summed E-state index contributed by atoms with van der Waals surface area (Å²) in [6.07, 6.45) is 4.53. The van der Waals surface area contributed by atoms with Gasteiger partial charge >= 0.3 is 6.09 Å². The molecule has 2 aliphatic heterocycles. The second-order valence-electron chi connectivity index (χ2n) is 13.3. The summed E-state index contributed by atoms with van der Waals surface area (Å²) in [5, 5.41) is 0. The van der Waals surface area contributed by atoms with E-state index in [-0.39, 0.29) is 34.7 Å². The molecule has 4 rings (SSSR count). The topological polar surface area (TPSA) is 86.4 Å². The van der Waals surface area contributed by atoms with E-state index in [0.717, 1.165) is 56.5 Å². The van der Waals surface area contributed by atoms with Gasteiger partial charge in [0.1, 0.15) is 28.9 Å². The highest BCUT2D eigenvalue weighted by atomic mass is 16.6. The Kier molecular flexibility index (Phi) is 6.87. The Morgan fingerprint density at radius 3 is 2.47 bits per heavy atom. The number of aliphatic imine (C=N–C) groups is 1. The predicted molar refractivity (Wildman–Crippen MR) is 143 cm³/mol. The van der Waals surface area contributed by atoms with Gasteiger partial charge < -0.3 is 24.8 Å². The number of aryl methyl sites for hydroxylation is 1. The Labute approximate surface area is 216 Å². The molecule has 1 saturated carbocycles. The van der Waals surface area contributed by atoms with Gasteiger partial charge in [-0.15, -0.1) is 0 Å². The van der Waals surface area contributed by atoms with Crippen LogP contribution in [-0.4, -0.2) is 60.4 Å². The van der Waals surface area contributed by atoms with E-state index in [1.165, 1.54) is 5.56 Å². The maximum atomic E-state index is 12.4. The molecule has 1 spiro atoms. The van der Waals surface area contributed by atoms with Crippen molar-refractivity contribution in [1.82, 2.24) is 4.90 Å². The molecule has 7 nitrogen and oxygen atoms in total. The van der Waals surface area contributed by atoms with E-state index >= 15 is 0 Å². The molecular formula is C29H45N3O4. The zero-order valence-electron chi connectivity index (χ0n) is 23.4. The number of nitrogens with zero attached hydrogens (tertiary/aromatic N) is 2. The number of fused-ring (bicyclic) bond motifs is 1. The fourth-order valence-electron chi connectivity index (χ4n) is 5.91. The Morgan fingerprint density at radius 1 is 1.17 bits per heavy atom. The van der Waals surface area contributed by atoms with Crippen LogP contribution in [0.1, 0.15) is 85.3 Å². The lowest BCUT2D eigenvalue weighted by molar-refractivity contribution is -0.147. The molecule has 2 fully saturated rings. The average Bonchev–Trinajstić information content (AvgIpc) is 3.21. The van der Waals surface area contributed by atoms with Crippen LogP contribution in [0.3, 0.4) is 0 Å². The highest BCUT2D eigenvalue weighted by molar-refractivity contribution is 5.98. The zero-order chi connectivity index (χ0) is 26.5. The van der Waals surface area contributed by atoms with E-state index in [0.29, 0.717) is 5.84 Å². The maximum absolute atomic E-state index is 12.4. The molecule has 1 aromatic rings. The Balaban J connectivity index is 1.36. The third-order valence-electron chi connectivity index (χ3n) is 8.58. The number of hydrogen-bond donors (Lipinski definition) is 1. The first kappa shape index (κ1) is 26.8. The van der Waals surface area contributed by atoms with Gasteiger partial charge in [-0.25, -0.2) is 4.79 Å². The van der Waals surface area contributed by atoms with Crippen molar-refractivity contribution < 1.29 is 19.0 Å². The van der Waals surface area contributed by atoms with E-state index < -0.39 is 5.60 Å². The lowest BCUT2D eigenvalue weighted by atomic mass is 9.65. The standard InChI is InChI=1S/C29H45N3O4/c1-26(2,3)28(7,34-8)23-12-10-19-15-20(9-11-22(19)35-23)24(30)31-21-16-29(17-21)13-14-32(18-29)25(33)36-27(4,5)6/h9,11,15,21,23H,10,12-14,16-18H2,1-8H3,(H2,30,31)/t21?,23-,28+,29?/m1/s1. The number of methoxy groups -OCH3 is 1. The van der Waals surface area contributed by atoms with E-state index in [2.05, 4.69) is 33.8 Å². The molecule has 0 bridgehead atoms. The van der Waals surface area contributed by atoms with Crippen molar-refractivity contribution in [3.05, 3.63) is 29.3 Å². The molecule has 1 aromatic carbocycles. The van der Waals surface area contributed by atoms with E-state index in [4.69, 9.17) is 24.9 Å². The molecule has 0 aromatic heterocycles. The third kappa shape index (κ3) is 5.22. The van der Waals surface area contributed by atoms with Gasteiger partial charge in [-0.1, -0.05) is 20.8 Å². The highest BCUT2D eigenvalue weighted by Crippen LogP contribution is 2.50. The predicted octanol–water partition coefficient (Wildman–Crippen LogP) is 5.33. The Morgan fingerprint density at radius 2 is 1.86 bits per heavy atom. The van der Waals surface area contributed by atoms with Crippen LogP contribution in [0.2, 0.25) is 0 Å². The Hall–Kier alpha value is -2.28. The molecule has 2 heterocycles. The van der Waals surface area contributed by atoms with E-state index in [9.17, 15) is 4.79 Å². The van der Waals surface area contributed by atoms with Gasteiger partial charge in [0.25, 0.3) is 0 Å². The zero-order valence-corrected chi connectivity index (χ0v) is 23.4. The summed E-state index contributed by atoms with van der Waals surface area (Å²) in [4.78, 5) is 19.1. The van der Waals surface area contributed by atoms with Crippen LogP contribution in [0.25, 0.3) is 0 Å². The third-order valence-corrected chi connectivity index (χ3v) is 8.58. The molecule has 2 atom stereocenters. The summed E-state index contributed by atoms with van der Waals surface area (Å²) in [6.45, 7) is 15.9. The van der Waals surface area contributed by atoms with Crippen LogP contribution >= 0.6 is 0 Å². The molecule has 7 heteroatoms. The molecule has 36 heavy (non-hydrogen) atoms. The van der Waals surface area contributed by atoms with Crippen LogP contribution in [0.4, 0.5) is 4.79 Å². The van der Waals surface area contributed by atoms with Gasteiger partial charge in [-0.3, -0.25) is 4.99 Å². The molecule has 1 amide bonds. The average molecular weight is 500 g/mol. The number of amides is 1. The van der Waals surface area contributed by atoms with Crippen molar-refractivity contribution in [2.75, 3.05) is 20.2 Å². The summed E-state index contributed by atoms with van der Waals surface area (Å²) < 4.78 is 18.0. The quantitative estimate of drug-likeness (QED) is 0.447. The number of ether oxygens (including phenoxy) is 3. The summed E-state index contributed by atoms with van der Waals surface area (Å²) in [5.41, 5.74) is 7.82. The molecule has 3 aliphatic rings. The van der Waals surface area contributed by atoms with Crippen LogP contribution < -0.4 is 10.5 Å². The van der Waals surface area contributed by atoms with Crippen molar-refractivity contribution in [1.29, 1.82) is 0 Å². The normalized spacial score (nSPS) is 28.2. The molecule has 0 radical (unpaired) electrons. The monoisotopic (exact) mass is 499 g/mol. The largest absolute Gasteiger partial charge is 0.487 e. The first-order valence-corrected chi connectivity index (χ1v) is 13.3. The molecule has 1 aliphatic carbocycles. The van der Waals surface area contributed by atoms with Crippen LogP contribution in [0, 0.1) is 10.8 Å². The fraction of sp³-hybridized carbons (Fsp3) is 0.724. The van der Waals surface area contributed by atoms with Crippen molar-refractivity contribution in [3.8, 4) is 5.75 Å². The number of amidine groups is 1. The number of carbonyl (C=O) groups excluding carboxylic acids is 1. The second-order valence-corrected chi connectivity index (χ2v) is 13.3. The van der Waals surface area contributed by atoms with Gasteiger partial charge in [0.05, 0.1) is 6.04 Å². The van der Waals surface area contributed by atoms with Crippen molar-refractivity contribution in [2.45, 2.75) is 104 Å². The van der Waals surface area contributed by atoms with E-state index in [1.807, 2.05) is 37.8 Å². The number of rotatable bonds is 4. The fourth-order valence-corrected chi connectivity index (χ4v) is 5.91. The number of carbonyl (C=O) groups is 1. The second kappa shape index (κ2) is 9.23. The summed E-state index contributed by atoms with van der Waals surface area (Å²) in [5.74, 6) is 1.49. The van der Waals surface area contributed by atoms with Gasteiger partial charge in [0, 0.05) is 25.8 Å². The highest BCUT2D eigenvalue weighted by Gasteiger charge is 2.50. The van der Waals surface area contributed by atoms with Crippen molar-refractivity contribution in [3.63, 3.8) is 0 Å². The number of likely N-dealkylation sites (tertiary alicyclic amines) is 1. The maximum Gasteiger partial charge on any atom is 0.410 e. The van der Waals surface area contributed by atoms with Gasteiger partial charge in [-0.2, -0.15) is 0 Å². The smallest absolute Gasteiger partial charge is 0.410 e. The van der Waals surface area contributed by atoms with Crippen LogP contribution in [0.15, 0.2) is 23.2 Å². The number of nitrogens with two attached hydrogens (primary N) is 1. The molecule has 2 N–H and O–H groups in total. The minimum absolute atomic E-state index is 0.00955. The summed E-state index contributed by atoms with van der Waals surface area (Å²) in [6, 6.07) is 6.36. The van der Waals surface area contributed by atoms with Crippen LogP contribution in [0.5, 0.6) is 5.75 Å². The van der Waals surface area contributed by atoms with Crippen molar-refractivity contribution in [2.24, 2.45) is 21.6 Å². The minimum atomic E-state index is -0.468. The summed E-state index contributed by atoms with van der Waals surface area (Å²) >= 11 is 0. The van der Waals surface area contributed by atoms with E-state index in [1.54, 1.807) is 7.11 Å². The molecule has 0 unspecified atom stereocenters. The van der Waals surface area contributed by atoms with Gasteiger partial charge in [-0.05, 0) is 94.4 Å². The lowest BCUT2D eigenvalue weighted by Gasteiger charge is -2.47. The minimum Gasteiger partial charge on any atom is -0.487 e. The molecule has 1 saturated heterocycles. The lowest BCUT2D eigenvalue weighted by Crippen LogP contribution is -2.55. The first-order chi connectivity index (χ1) is 16.6. The van der Waals surface area contributed by atoms with Gasteiger partial charge in [0.15, 0.2) is 0 Å². The van der Waals surface area contributed by atoms with Gasteiger partial charge in [0.2, 0.25) is 0 Å². The molecule has 200 valence electrons. The first-order valence-electron chi connectivity index (χ1n) is 13.3. The SMILES string of the molecule is CO[C@@](C)([C@H]1CCc2cc(C(N)=NC3CC4(CCN(C(=O)OC(C)(C)C)C4)C3)ccc2O1)C(C)(C)C. The number of benzene rings is 1.